The molecule has 3 nitrogen and oxygen atoms in total. The summed E-state index contributed by atoms with van der Waals surface area (Å²) in [5.74, 6) is 0. The molecule has 0 aromatic carbocycles. The largest absolute Gasteiger partial charge is 0.394 e. The highest BCUT2D eigenvalue weighted by Crippen LogP contribution is 2.22. The Morgan fingerprint density at radius 2 is 2.06 bits per heavy atom. The van der Waals surface area contributed by atoms with E-state index in [2.05, 4.69) is 4.98 Å². The Morgan fingerprint density at radius 1 is 1.44 bits per heavy atom. The molecule has 0 fully saturated rings. The zero-order chi connectivity index (χ0) is 12.3. The van der Waals surface area contributed by atoms with Crippen LogP contribution in [0.2, 0.25) is 10.2 Å². The predicted molar refractivity (Wildman–Crippen MR) is 66.9 cm³/mol. The number of hydrogen-bond acceptors (Lipinski definition) is 3. The zero-order valence-corrected chi connectivity index (χ0v) is 11.2. The number of halogens is 2. The molecule has 0 saturated heterocycles. The molecule has 1 rings (SSSR count). The van der Waals surface area contributed by atoms with Gasteiger partial charge in [-0.15, -0.1) is 0 Å². The molecule has 0 aliphatic rings. The summed E-state index contributed by atoms with van der Waals surface area (Å²) in [5.41, 5.74) is 0.610. The fourth-order valence-electron chi connectivity index (χ4n) is 1.14. The molecule has 90 valence electrons. The van der Waals surface area contributed by atoms with Crippen molar-refractivity contribution in [2.24, 2.45) is 0 Å². The van der Waals surface area contributed by atoms with Gasteiger partial charge in [-0.3, -0.25) is 4.90 Å². The molecule has 0 radical (unpaired) electrons. The van der Waals surface area contributed by atoms with Crippen LogP contribution in [-0.2, 0) is 6.54 Å². The van der Waals surface area contributed by atoms with Gasteiger partial charge in [-0.05, 0) is 27.0 Å². The Kier molecular flexibility index (Phi) is 4.56. The molecule has 1 aromatic rings. The van der Waals surface area contributed by atoms with Gasteiger partial charge in [-0.2, -0.15) is 0 Å². The van der Waals surface area contributed by atoms with Gasteiger partial charge in [0.25, 0.3) is 0 Å². The van der Waals surface area contributed by atoms with Crippen LogP contribution in [0.1, 0.15) is 19.4 Å². The summed E-state index contributed by atoms with van der Waals surface area (Å²) in [5, 5.41) is 10.2. The Balaban J connectivity index is 2.81. The van der Waals surface area contributed by atoms with Crippen molar-refractivity contribution in [3.8, 4) is 0 Å². The lowest BCUT2D eigenvalue weighted by Crippen LogP contribution is -2.43. The van der Waals surface area contributed by atoms with E-state index >= 15 is 0 Å². The third-order valence-corrected chi connectivity index (χ3v) is 3.28. The third-order valence-electron chi connectivity index (χ3n) is 2.72. The lowest BCUT2D eigenvalue weighted by atomic mass is 10.0. The topological polar surface area (TPSA) is 36.4 Å². The van der Waals surface area contributed by atoms with E-state index in [0.29, 0.717) is 16.7 Å². The smallest absolute Gasteiger partial charge is 0.130 e. The molecule has 0 amide bonds. The third kappa shape index (κ3) is 3.32. The standard InChI is InChI=1S/C11H16Cl2N2O/c1-11(2,7-16)15(3)6-8-5-14-10(13)4-9(8)12/h4-5,16H,6-7H2,1-3H3. The van der Waals surface area contributed by atoms with Gasteiger partial charge in [0.2, 0.25) is 0 Å². The highest BCUT2D eigenvalue weighted by atomic mass is 35.5. The summed E-state index contributed by atoms with van der Waals surface area (Å²) < 4.78 is 0. The Hall–Kier alpha value is -0.350. The minimum Gasteiger partial charge on any atom is -0.394 e. The molecule has 0 bridgehead atoms. The van der Waals surface area contributed by atoms with Crippen LogP contribution < -0.4 is 0 Å². The van der Waals surface area contributed by atoms with Crippen molar-refractivity contribution < 1.29 is 5.11 Å². The summed E-state index contributed by atoms with van der Waals surface area (Å²) in [7, 11) is 1.93. The summed E-state index contributed by atoms with van der Waals surface area (Å²) in [4.78, 5) is 6.01. The zero-order valence-electron chi connectivity index (χ0n) is 9.67. The monoisotopic (exact) mass is 262 g/mol. The van der Waals surface area contributed by atoms with E-state index in [4.69, 9.17) is 23.2 Å². The molecule has 16 heavy (non-hydrogen) atoms. The molecule has 0 aliphatic carbocycles. The van der Waals surface area contributed by atoms with Crippen LogP contribution in [0, 0.1) is 0 Å². The average molecular weight is 263 g/mol. The minimum absolute atomic E-state index is 0.0855. The van der Waals surface area contributed by atoms with Crippen molar-refractivity contribution in [1.82, 2.24) is 9.88 Å². The van der Waals surface area contributed by atoms with Crippen LogP contribution in [0.3, 0.4) is 0 Å². The van der Waals surface area contributed by atoms with Gasteiger partial charge in [-0.25, -0.2) is 4.98 Å². The Morgan fingerprint density at radius 3 is 2.56 bits per heavy atom. The molecule has 1 heterocycles. The van der Waals surface area contributed by atoms with E-state index < -0.39 is 0 Å². The van der Waals surface area contributed by atoms with Crippen LogP contribution in [0.5, 0.6) is 0 Å². The van der Waals surface area contributed by atoms with E-state index in [1.807, 2.05) is 25.8 Å². The van der Waals surface area contributed by atoms with Gasteiger partial charge in [0.05, 0.1) is 6.61 Å². The second kappa shape index (κ2) is 5.32. The van der Waals surface area contributed by atoms with Crippen molar-refractivity contribution in [1.29, 1.82) is 0 Å². The van der Waals surface area contributed by atoms with Crippen LogP contribution in [0.25, 0.3) is 0 Å². The summed E-state index contributed by atoms with van der Waals surface area (Å²) in [6.45, 7) is 4.63. The lowest BCUT2D eigenvalue weighted by Gasteiger charge is -2.33. The molecule has 0 aliphatic heterocycles. The quantitative estimate of drug-likeness (QED) is 0.848. The number of hydrogen-bond donors (Lipinski definition) is 1. The van der Waals surface area contributed by atoms with Gasteiger partial charge in [0, 0.05) is 28.9 Å². The van der Waals surface area contributed by atoms with Crippen LogP contribution in [0.4, 0.5) is 0 Å². The number of nitrogens with zero attached hydrogens (tertiary/aromatic N) is 2. The Labute approximate surface area is 106 Å². The van der Waals surface area contributed by atoms with Crippen LogP contribution in [0.15, 0.2) is 12.3 Å². The van der Waals surface area contributed by atoms with Crippen molar-refractivity contribution in [3.63, 3.8) is 0 Å². The molecule has 0 atom stereocenters. The fourth-order valence-corrected chi connectivity index (χ4v) is 1.57. The van der Waals surface area contributed by atoms with Gasteiger partial charge in [-0.1, -0.05) is 23.2 Å². The molecule has 1 N–H and O–H groups in total. The number of pyridine rings is 1. The SMILES string of the molecule is CN(Cc1cnc(Cl)cc1Cl)C(C)(C)CO. The van der Waals surface area contributed by atoms with E-state index in [1.165, 1.54) is 0 Å². The van der Waals surface area contributed by atoms with Crippen LogP contribution >= 0.6 is 23.2 Å². The summed E-state index contributed by atoms with van der Waals surface area (Å²) >= 11 is 11.8. The Bertz CT molecular complexity index is 369. The number of aliphatic hydroxyl groups excluding tert-OH is 1. The molecule has 0 spiro atoms. The highest BCUT2D eigenvalue weighted by molar-refractivity contribution is 6.34. The molecule has 0 unspecified atom stereocenters. The maximum Gasteiger partial charge on any atom is 0.130 e. The number of aromatic nitrogens is 1. The first-order chi connectivity index (χ1) is 7.36. The first kappa shape index (κ1) is 13.7. The van der Waals surface area contributed by atoms with Crippen molar-refractivity contribution in [2.45, 2.75) is 25.9 Å². The van der Waals surface area contributed by atoms with E-state index in [-0.39, 0.29) is 12.1 Å². The minimum atomic E-state index is -0.289. The average Bonchev–Trinajstić information content (AvgIpc) is 2.22. The van der Waals surface area contributed by atoms with Crippen LogP contribution in [-0.4, -0.2) is 34.2 Å². The van der Waals surface area contributed by atoms with Crippen molar-refractivity contribution >= 4 is 23.2 Å². The molecule has 1 aromatic heterocycles. The van der Waals surface area contributed by atoms with Crippen molar-refractivity contribution in [3.05, 3.63) is 28.0 Å². The first-order valence-electron chi connectivity index (χ1n) is 4.99. The fraction of sp³-hybridized carbons (Fsp3) is 0.545. The first-order valence-corrected chi connectivity index (χ1v) is 5.74. The second-order valence-corrected chi connectivity index (χ2v) is 5.22. The molecular weight excluding hydrogens is 247 g/mol. The summed E-state index contributed by atoms with van der Waals surface area (Å²) in [6, 6.07) is 1.62. The molecule has 0 saturated carbocycles. The predicted octanol–water partition coefficient (Wildman–Crippen LogP) is 2.59. The molecular formula is C11H16Cl2N2O. The van der Waals surface area contributed by atoms with E-state index in [9.17, 15) is 5.11 Å². The van der Waals surface area contributed by atoms with Gasteiger partial charge in [0.15, 0.2) is 0 Å². The normalized spacial score (nSPS) is 12.2. The highest BCUT2D eigenvalue weighted by Gasteiger charge is 2.23. The maximum absolute atomic E-state index is 9.24. The number of rotatable bonds is 4. The second-order valence-electron chi connectivity index (χ2n) is 4.43. The number of likely N-dealkylation sites (N-methyl/N-ethyl adjacent to an activating group) is 1. The lowest BCUT2D eigenvalue weighted by molar-refractivity contribution is 0.0733. The number of aliphatic hydroxyl groups is 1. The van der Waals surface area contributed by atoms with Gasteiger partial charge >= 0.3 is 0 Å². The van der Waals surface area contributed by atoms with Crippen molar-refractivity contribution in [2.75, 3.05) is 13.7 Å². The van der Waals surface area contributed by atoms with Gasteiger partial charge in [0.1, 0.15) is 5.15 Å². The van der Waals surface area contributed by atoms with E-state index in [1.54, 1.807) is 12.3 Å². The van der Waals surface area contributed by atoms with E-state index in [0.717, 1.165) is 5.56 Å². The molecule has 5 heteroatoms. The maximum atomic E-state index is 9.24. The van der Waals surface area contributed by atoms with Gasteiger partial charge < -0.3 is 5.11 Å². The summed E-state index contributed by atoms with van der Waals surface area (Å²) in [6.07, 6.45) is 1.66.